The first-order valence-corrected chi connectivity index (χ1v) is 9.42. The fraction of sp³-hybridized carbons (Fsp3) is 0.174. The number of anilines is 1. The van der Waals surface area contributed by atoms with Crippen LogP contribution in [0.3, 0.4) is 0 Å². The highest BCUT2D eigenvalue weighted by Crippen LogP contribution is 2.48. The largest absolute Gasteiger partial charge is 0.340 e. The number of aromatic nitrogens is 2. The minimum Gasteiger partial charge on any atom is -0.340 e. The smallest absolute Gasteiger partial charge is 0.332 e. The van der Waals surface area contributed by atoms with Crippen LogP contribution in [-0.4, -0.2) is 14.9 Å². The number of carbonyl (C=O) groups is 1. The Hall–Kier alpha value is -3.67. The molecule has 144 valence electrons. The van der Waals surface area contributed by atoms with E-state index in [1.54, 1.807) is 13.1 Å². The quantitative estimate of drug-likeness (QED) is 0.699. The molecule has 29 heavy (non-hydrogen) atoms. The van der Waals surface area contributed by atoms with Crippen molar-refractivity contribution >= 4 is 17.3 Å². The molecule has 6 nitrogen and oxygen atoms in total. The van der Waals surface area contributed by atoms with Crippen molar-refractivity contribution in [1.82, 2.24) is 9.13 Å². The highest BCUT2D eigenvalue weighted by molar-refractivity contribution is 6.23. The van der Waals surface area contributed by atoms with Crippen LogP contribution in [0.2, 0.25) is 0 Å². The molecule has 3 aromatic rings. The Labute approximate surface area is 166 Å². The van der Waals surface area contributed by atoms with E-state index in [1.165, 1.54) is 11.6 Å². The molecule has 0 radical (unpaired) electrons. The van der Waals surface area contributed by atoms with Gasteiger partial charge in [-0.3, -0.25) is 18.7 Å². The molecule has 2 heterocycles. The van der Waals surface area contributed by atoms with E-state index in [-0.39, 0.29) is 11.3 Å². The second-order valence-electron chi connectivity index (χ2n) is 7.55. The van der Waals surface area contributed by atoms with Gasteiger partial charge in [0.15, 0.2) is 5.78 Å². The van der Waals surface area contributed by atoms with Crippen molar-refractivity contribution in [2.75, 3.05) is 5.32 Å². The van der Waals surface area contributed by atoms with E-state index in [1.807, 2.05) is 49.4 Å². The molecular weight excluding hydrogens is 366 g/mol. The molecule has 1 aliphatic heterocycles. The van der Waals surface area contributed by atoms with E-state index < -0.39 is 11.6 Å². The molecule has 6 heteroatoms. The summed E-state index contributed by atoms with van der Waals surface area (Å²) in [6, 6.07) is 15.2. The fourth-order valence-corrected chi connectivity index (χ4v) is 4.48. The van der Waals surface area contributed by atoms with Crippen LogP contribution in [0.15, 0.2) is 63.7 Å². The first-order valence-electron chi connectivity index (χ1n) is 9.42. The summed E-state index contributed by atoms with van der Waals surface area (Å²) in [5, 5.41) is 3.25. The van der Waals surface area contributed by atoms with E-state index in [0.29, 0.717) is 28.2 Å². The van der Waals surface area contributed by atoms with Crippen LogP contribution in [0.4, 0.5) is 5.82 Å². The van der Waals surface area contributed by atoms with Crippen LogP contribution in [0.1, 0.15) is 38.5 Å². The molecule has 1 aromatic heterocycles. The van der Waals surface area contributed by atoms with Gasteiger partial charge in [0.1, 0.15) is 5.82 Å². The maximum atomic E-state index is 13.4. The monoisotopic (exact) mass is 385 g/mol. The van der Waals surface area contributed by atoms with E-state index in [0.717, 1.165) is 21.3 Å². The zero-order valence-corrected chi connectivity index (χ0v) is 16.3. The van der Waals surface area contributed by atoms with Gasteiger partial charge in [-0.2, -0.15) is 0 Å². The molecule has 0 saturated carbocycles. The molecular formula is C23H19N3O3. The Kier molecular flexibility index (Phi) is 3.55. The summed E-state index contributed by atoms with van der Waals surface area (Å²) < 4.78 is 2.54. The molecule has 5 rings (SSSR count). The average Bonchev–Trinajstić information content (AvgIpc) is 3.02. The van der Waals surface area contributed by atoms with Crippen molar-refractivity contribution < 1.29 is 4.79 Å². The summed E-state index contributed by atoms with van der Waals surface area (Å²) in [5.41, 5.74) is 4.13. The van der Waals surface area contributed by atoms with Gasteiger partial charge >= 0.3 is 5.69 Å². The van der Waals surface area contributed by atoms with Crippen LogP contribution >= 0.6 is 0 Å². The van der Waals surface area contributed by atoms with Gasteiger partial charge in [-0.15, -0.1) is 0 Å². The molecule has 2 aliphatic rings. The molecule has 1 aliphatic carbocycles. The summed E-state index contributed by atoms with van der Waals surface area (Å²) >= 11 is 0. The third-order valence-corrected chi connectivity index (χ3v) is 5.97. The Morgan fingerprint density at radius 1 is 0.862 bits per heavy atom. The zero-order chi connectivity index (χ0) is 20.4. The number of nitrogens with one attached hydrogen (secondary N) is 1. The van der Waals surface area contributed by atoms with Gasteiger partial charge in [-0.1, -0.05) is 48.5 Å². The van der Waals surface area contributed by atoms with Gasteiger partial charge < -0.3 is 5.32 Å². The number of benzene rings is 2. The molecule has 0 amide bonds. The van der Waals surface area contributed by atoms with Crippen LogP contribution in [0.25, 0.3) is 5.70 Å². The number of hydrogen-bond acceptors (Lipinski definition) is 4. The van der Waals surface area contributed by atoms with Crippen LogP contribution in [0.5, 0.6) is 0 Å². The molecule has 1 N–H and O–H groups in total. The first kappa shape index (κ1) is 17.4. The minimum atomic E-state index is -0.548. The third-order valence-electron chi connectivity index (χ3n) is 5.97. The van der Waals surface area contributed by atoms with Gasteiger partial charge in [-0.05, 0) is 18.1 Å². The molecule has 0 saturated heterocycles. The van der Waals surface area contributed by atoms with Gasteiger partial charge in [-0.25, -0.2) is 4.79 Å². The van der Waals surface area contributed by atoms with E-state index >= 15 is 0 Å². The number of Topliss-reactive ketones (excluding diaryl/α,β-unsaturated/α-hetero) is 1. The predicted octanol–water partition coefficient (Wildman–Crippen LogP) is 2.56. The number of nitrogens with zero attached hydrogens (tertiary/aromatic N) is 2. The number of fused-ring (bicyclic) bond motifs is 3. The SMILES string of the molecule is Cc1ccccc1[C@H]1C2=C(Nc3c1c(=O)n(C)c(=O)n3C)c1ccccc1C2=O. The highest BCUT2D eigenvalue weighted by atomic mass is 16.2. The van der Waals surface area contributed by atoms with Gasteiger partial charge in [0.05, 0.1) is 11.3 Å². The normalized spacial score (nSPS) is 16.9. The summed E-state index contributed by atoms with van der Waals surface area (Å²) in [6.07, 6.45) is 0. The summed E-state index contributed by atoms with van der Waals surface area (Å²) in [5.74, 6) is -0.194. The number of hydrogen-bond donors (Lipinski definition) is 1. The molecule has 0 bridgehead atoms. The fourth-order valence-electron chi connectivity index (χ4n) is 4.48. The minimum absolute atomic E-state index is 0.0853. The molecule has 1 atom stereocenters. The Morgan fingerprint density at radius 2 is 1.52 bits per heavy atom. The second-order valence-corrected chi connectivity index (χ2v) is 7.55. The molecule has 0 fully saturated rings. The Balaban J connectivity index is 1.92. The van der Waals surface area contributed by atoms with Gasteiger partial charge in [0, 0.05) is 36.7 Å². The predicted molar refractivity (Wildman–Crippen MR) is 111 cm³/mol. The lowest BCUT2D eigenvalue weighted by Gasteiger charge is -2.30. The van der Waals surface area contributed by atoms with E-state index in [2.05, 4.69) is 5.32 Å². The summed E-state index contributed by atoms with van der Waals surface area (Å²) in [4.78, 5) is 39.2. The number of allylic oxidation sites excluding steroid dienone is 1. The highest BCUT2D eigenvalue weighted by Gasteiger charge is 2.42. The first-order chi connectivity index (χ1) is 13.9. The van der Waals surface area contributed by atoms with Gasteiger partial charge in [0.2, 0.25) is 0 Å². The van der Waals surface area contributed by atoms with Crippen LogP contribution in [0, 0.1) is 6.92 Å². The summed E-state index contributed by atoms with van der Waals surface area (Å²) in [6.45, 7) is 1.97. The molecule has 0 spiro atoms. The second kappa shape index (κ2) is 5.91. The summed E-state index contributed by atoms with van der Waals surface area (Å²) in [7, 11) is 3.10. The van der Waals surface area contributed by atoms with Crippen LogP contribution < -0.4 is 16.6 Å². The number of carbonyl (C=O) groups excluding carboxylic acids is 1. The number of aryl methyl sites for hydroxylation is 1. The van der Waals surface area contributed by atoms with Crippen molar-refractivity contribution in [3.05, 3.63) is 103 Å². The van der Waals surface area contributed by atoms with Crippen molar-refractivity contribution in [3.63, 3.8) is 0 Å². The van der Waals surface area contributed by atoms with Crippen molar-refractivity contribution in [2.24, 2.45) is 14.1 Å². The lowest BCUT2D eigenvalue weighted by molar-refractivity contribution is 0.103. The standard InChI is InChI=1S/C23H19N3O3/c1-12-8-4-5-9-13(12)16-17-19(14-10-6-7-11-15(14)20(17)27)24-21-18(16)22(28)26(3)23(29)25(21)2/h4-11,16,24H,1-3H3/t16-/m0/s1. The lowest BCUT2D eigenvalue weighted by atomic mass is 9.80. The van der Waals surface area contributed by atoms with Gasteiger partial charge in [0.25, 0.3) is 5.56 Å². The van der Waals surface area contributed by atoms with Crippen molar-refractivity contribution in [1.29, 1.82) is 0 Å². The van der Waals surface area contributed by atoms with Crippen molar-refractivity contribution in [2.45, 2.75) is 12.8 Å². The molecule has 0 unspecified atom stereocenters. The maximum absolute atomic E-state index is 13.4. The van der Waals surface area contributed by atoms with Crippen LogP contribution in [-0.2, 0) is 14.1 Å². The lowest BCUT2D eigenvalue weighted by Crippen LogP contribution is -2.42. The molecule has 2 aromatic carbocycles. The van der Waals surface area contributed by atoms with E-state index in [4.69, 9.17) is 0 Å². The average molecular weight is 385 g/mol. The maximum Gasteiger partial charge on any atom is 0.332 e. The topological polar surface area (TPSA) is 73.1 Å². The van der Waals surface area contributed by atoms with E-state index in [9.17, 15) is 14.4 Å². The van der Waals surface area contributed by atoms with Crippen molar-refractivity contribution in [3.8, 4) is 0 Å². The number of ketones is 1. The Morgan fingerprint density at radius 3 is 2.24 bits per heavy atom. The Bertz CT molecular complexity index is 1370. The number of rotatable bonds is 1. The third kappa shape index (κ3) is 2.20. The zero-order valence-electron chi connectivity index (χ0n) is 16.3.